The lowest BCUT2D eigenvalue weighted by atomic mass is 10.2. The lowest BCUT2D eigenvalue weighted by Gasteiger charge is -2.00. The molecule has 0 spiro atoms. The first-order chi connectivity index (χ1) is 5.29. The maximum atomic E-state index is 3.67. The zero-order chi connectivity index (χ0) is 8.10. The summed E-state index contributed by atoms with van der Waals surface area (Å²) in [7, 11) is 0. The Morgan fingerprint density at radius 1 is 1.73 bits per heavy atom. The van der Waals surface area contributed by atoms with Crippen molar-refractivity contribution in [1.29, 1.82) is 0 Å². The predicted molar refractivity (Wildman–Crippen MR) is 46.0 cm³/mol. The van der Waals surface area contributed by atoms with Gasteiger partial charge in [0.05, 0.1) is 6.20 Å². The van der Waals surface area contributed by atoms with Crippen molar-refractivity contribution < 1.29 is 0 Å². The van der Waals surface area contributed by atoms with Crippen LogP contribution in [-0.2, 0) is 0 Å². The Balaban J connectivity index is 2.14. The maximum absolute atomic E-state index is 3.67. The number of H-pyrrole nitrogens is 1. The number of thioether (sulfide) groups is 1. The van der Waals surface area contributed by atoms with E-state index in [0.29, 0.717) is 0 Å². The molecule has 0 unspecified atom stereocenters. The Labute approximate surface area is 71.0 Å². The van der Waals surface area contributed by atoms with Crippen LogP contribution in [0.15, 0.2) is 11.2 Å². The van der Waals surface area contributed by atoms with E-state index in [2.05, 4.69) is 35.0 Å². The number of aromatic nitrogens is 3. The molecule has 0 atom stereocenters. The lowest BCUT2D eigenvalue weighted by Crippen LogP contribution is -1.84. The molecule has 1 radical (unpaired) electrons. The maximum Gasteiger partial charge on any atom is 0.111 e. The minimum atomic E-state index is 0.721. The minimum Gasteiger partial charge on any atom is -0.252 e. The van der Waals surface area contributed by atoms with E-state index in [1.165, 1.54) is 0 Å². The molecule has 0 bridgehead atoms. The molecule has 11 heavy (non-hydrogen) atoms. The van der Waals surface area contributed by atoms with E-state index in [-0.39, 0.29) is 0 Å². The average molecular weight is 170 g/mol. The Bertz CT molecular complexity index is 184. The molecular weight excluding hydrogens is 158 g/mol. The number of nitrogens with zero attached hydrogens (tertiary/aromatic N) is 2. The fourth-order valence-corrected chi connectivity index (χ4v) is 1.44. The van der Waals surface area contributed by atoms with Crippen LogP contribution < -0.4 is 0 Å². The summed E-state index contributed by atoms with van der Waals surface area (Å²) >= 11 is 1.65. The first kappa shape index (κ1) is 8.59. The molecule has 61 valence electrons. The number of hydrogen-bond acceptors (Lipinski definition) is 3. The fraction of sp³-hybridized carbons (Fsp3) is 0.571. The van der Waals surface area contributed by atoms with Crippen molar-refractivity contribution in [3.05, 3.63) is 11.9 Å². The molecule has 0 fully saturated rings. The topological polar surface area (TPSA) is 41.6 Å². The molecule has 1 heterocycles. The molecular formula is C7H12N3S. The summed E-state index contributed by atoms with van der Waals surface area (Å²) in [4.78, 5) is 0. The van der Waals surface area contributed by atoms with Crippen LogP contribution in [0.4, 0.5) is 0 Å². The molecule has 1 aromatic rings. The van der Waals surface area contributed by atoms with Crippen LogP contribution in [0.25, 0.3) is 0 Å². The van der Waals surface area contributed by atoms with Gasteiger partial charge in [0.25, 0.3) is 0 Å². The zero-order valence-electron chi connectivity index (χ0n) is 6.74. The number of rotatable bonds is 4. The van der Waals surface area contributed by atoms with E-state index in [0.717, 1.165) is 17.4 Å². The highest BCUT2D eigenvalue weighted by molar-refractivity contribution is 8.01. The first-order valence-corrected chi connectivity index (χ1v) is 4.51. The average Bonchev–Trinajstić information content (AvgIpc) is 2.39. The fourth-order valence-electron chi connectivity index (χ4n) is 0.575. The summed E-state index contributed by atoms with van der Waals surface area (Å²) in [6.45, 7) is 4.39. The third-order valence-electron chi connectivity index (χ3n) is 1.17. The standard InChI is InChI=1S/C7H12N3S/c1-6(2)3-4-11-7-5-8-10-9-7/h4-6H,3H2,1-2H3,(H,8,9,10). The number of aromatic amines is 1. The number of hydrogen-bond donors (Lipinski definition) is 1. The van der Waals surface area contributed by atoms with Gasteiger partial charge in [0, 0.05) is 5.75 Å². The van der Waals surface area contributed by atoms with Crippen LogP contribution in [0.2, 0.25) is 0 Å². The molecule has 0 aromatic carbocycles. The smallest absolute Gasteiger partial charge is 0.111 e. The quantitative estimate of drug-likeness (QED) is 0.704. The Hall–Kier alpha value is -0.510. The second-order valence-electron chi connectivity index (χ2n) is 2.73. The van der Waals surface area contributed by atoms with Gasteiger partial charge >= 0.3 is 0 Å². The second-order valence-corrected chi connectivity index (χ2v) is 3.74. The summed E-state index contributed by atoms with van der Waals surface area (Å²) < 4.78 is 0. The molecule has 0 amide bonds. The monoisotopic (exact) mass is 170 g/mol. The van der Waals surface area contributed by atoms with Crippen LogP contribution in [-0.4, -0.2) is 15.4 Å². The summed E-state index contributed by atoms with van der Waals surface area (Å²) in [6.07, 6.45) is 2.84. The van der Waals surface area contributed by atoms with E-state index in [1.807, 2.05) is 0 Å². The van der Waals surface area contributed by atoms with E-state index < -0.39 is 0 Å². The van der Waals surface area contributed by atoms with Crippen molar-refractivity contribution >= 4 is 11.8 Å². The van der Waals surface area contributed by atoms with Gasteiger partial charge < -0.3 is 0 Å². The van der Waals surface area contributed by atoms with Gasteiger partial charge in [-0.1, -0.05) is 19.1 Å². The SMILES string of the molecule is CC(C)C[CH]Sc1cnn[nH]1. The second kappa shape index (κ2) is 4.38. The first-order valence-electron chi connectivity index (χ1n) is 3.63. The normalized spacial score (nSPS) is 10.8. The molecule has 0 aliphatic rings. The molecule has 1 rings (SSSR count). The van der Waals surface area contributed by atoms with Crippen molar-refractivity contribution in [2.45, 2.75) is 25.3 Å². The van der Waals surface area contributed by atoms with Crippen molar-refractivity contribution in [2.24, 2.45) is 5.92 Å². The lowest BCUT2D eigenvalue weighted by molar-refractivity contribution is 0.656. The van der Waals surface area contributed by atoms with Crippen LogP contribution >= 0.6 is 11.8 Å². The Morgan fingerprint density at radius 3 is 3.09 bits per heavy atom. The minimum absolute atomic E-state index is 0.721. The van der Waals surface area contributed by atoms with E-state index in [4.69, 9.17) is 0 Å². The van der Waals surface area contributed by atoms with Crippen molar-refractivity contribution in [2.75, 3.05) is 0 Å². The van der Waals surface area contributed by atoms with Crippen LogP contribution in [0, 0.1) is 11.7 Å². The van der Waals surface area contributed by atoms with Crippen LogP contribution in [0.1, 0.15) is 20.3 Å². The Kier molecular flexibility index (Phi) is 3.42. The van der Waals surface area contributed by atoms with E-state index in [1.54, 1.807) is 18.0 Å². The van der Waals surface area contributed by atoms with Gasteiger partial charge in [0.1, 0.15) is 5.03 Å². The Morgan fingerprint density at radius 2 is 2.55 bits per heavy atom. The van der Waals surface area contributed by atoms with Crippen molar-refractivity contribution in [1.82, 2.24) is 15.4 Å². The molecule has 1 aromatic heterocycles. The highest BCUT2D eigenvalue weighted by atomic mass is 32.2. The summed E-state index contributed by atoms with van der Waals surface area (Å²) in [5, 5.41) is 11.1. The van der Waals surface area contributed by atoms with Crippen LogP contribution in [0.5, 0.6) is 0 Å². The molecule has 0 saturated heterocycles. The van der Waals surface area contributed by atoms with Crippen LogP contribution in [0.3, 0.4) is 0 Å². The summed E-state index contributed by atoms with van der Waals surface area (Å²) in [6, 6.07) is 0. The van der Waals surface area contributed by atoms with E-state index >= 15 is 0 Å². The third-order valence-corrected chi connectivity index (χ3v) is 1.98. The van der Waals surface area contributed by atoms with E-state index in [9.17, 15) is 0 Å². The molecule has 3 nitrogen and oxygen atoms in total. The zero-order valence-corrected chi connectivity index (χ0v) is 7.56. The largest absolute Gasteiger partial charge is 0.252 e. The molecule has 0 aliphatic heterocycles. The molecule has 4 heteroatoms. The van der Waals surface area contributed by atoms with Gasteiger partial charge in [0.15, 0.2) is 0 Å². The van der Waals surface area contributed by atoms with Gasteiger partial charge in [-0.15, -0.1) is 16.9 Å². The van der Waals surface area contributed by atoms with Gasteiger partial charge in [-0.2, -0.15) is 0 Å². The van der Waals surface area contributed by atoms with Gasteiger partial charge in [-0.3, -0.25) is 5.10 Å². The van der Waals surface area contributed by atoms with Gasteiger partial charge in [-0.25, -0.2) is 0 Å². The molecule has 1 N–H and O–H groups in total. The van der Waals surface area contributed by atoms with Crippen molar-refractivity contribution in [3.63, 3.8) is 0 Å². The van der Waals surface area contributed by atoms with Crippen molar-refractivity contribution in [3.8, 4) is 0 Å². The molecule has 0 saturated carbocycles. The summed E-state index contributed by atoms with van der Waals surface area (Å²) in [5.41, 5.74) is 0. The van der Waals surface area contributed by atoms with Gasteiger partial charge in [-0.05, 0) is 12.3 Å². The van der Waals surface area contributed by atoms with Gasteiger partial charge in [0.2, 0.25) is 0 Å². The number of nitrogens with one attached hydrogen (secondary N) is 1. The third kappa shape index (κ3) is 3.41. The molecule has 0 aliphatic carbocycles. The highest BCUT2D eigenvalue weighted by Gasteiger charge is 1.97. The summed E-state index contributed by atoms with van der Waals surface area (Å²) in [5.74, 6) is 2.89. The highest BCUT2D eigenvalue weighted by Crippen LogP contribution is 2.20. The predicted octanol–water partition coefficient (Wildman–Crippen LogP) is 2.10.